The topological polar surface area (TPSA) is 54.7 Å². The van der Waals surface area contributed by atoms with Gasteiger partial charge in [-0.1, -0.05) is 6.92 Å². The smallest absolute Gasteiger partial charge is 0.119 e. The quantitative estimate of drug-likeness (QED) is 0.768. The molecule has 1 atom stereocenters. The van der Waals surface area contributed by atoms with Crippen LogP contribution in [0.15, 0.2) is 22.9 Å². The number of nitrogens with one attached hydrogen (secondary N) is 1. The number of nitrogen functional groups attached to an aromatic ring is 1. The van der Waals surface area contributed by atoms with Crippen LogP contribution in [0, 0.1) is 0 Å². The molecule has 2 rings (SSSR count). The molecule has 0 spiro atoms. The van der Waals surface area contributed by atoms with E-state index >= 15 is 0 Å². The van der Waals surface area contributed by atoms with Crippen molar-refractivity contribution < 1.29 is 0 Å². The molecule has 0 amide bonds. The highest BCUT2D eigenvalue weighted by Gasteiger charge is 2.11. The summed E-state index contributed by atoms with van der Waals surface area (Å²) in [6.07, 6.45) is 0. The van der Waals surface area contributed by atoms with Gasteiger partial charge in [0.25, 0.3) is 0 Å². The van der Waals surface area contributed by atoms with Gasteiger partial charge in [0.2, 0.25) is 0 Å². The van der Waals surface area contributed by atoms with E-state index in [0.717, 1.165) is 5.69 Å². The van der Waals surface area contributed by atoms with Crippen LogP contribution in [-0.2, 0) is 0 Å². The fourth-order valence-electron chi connectivity index (χ4n) is 1.27. The van der Waals surface area contributed by atoms with Gasteiger partial charge in [-0.3, -0.25) is 5.10 Å². The Balaban J connectivity index is 2.28. The Bertz CT molecular complexity index is 377. The first-order chi connectivity index (χ1) is 6.27. The van der Waals surface area contributed by atoms with E-state index in [9.17, 15) is 0 Å². The Labute approximate surface area is 80.6 Å². The summed E-state index contributed by atoms with van der Waals surface area (Å²) < 4.78 is 0. The normalized spacial score (nSPS) is 13.0. The van der Waals surface area contributed by atoms with Crippen LogP contribution < -0.4 is 5.73 Å². The minimum atomic E-state index is 0.319. The van der Waals surface area contributed by atoms with Crippen molar-refractivity contribution in [2.45, 2.75) is 12.8 Å². The maximum Gasteiger partial charge on any atom is 0.119 e. The van der Waals surface area contributed by atoms with Crippen molar-refractivity contribution in [1.82, 2.24) is 10.2 Å². The molecule has 0 aliphatic heterocycles. The van der Waals surface area contributed by atoms with Crippen molar-refractivity contribution in [2.24, 2.45) is 0 Å². The third kappa shape index (κ3) is 1.58. The molecular weight excluding hydrogens is 182 g/mol. The number of rotatable bonds is 2. The highest BCUT2D eigenvalue weighted by Crippen LogP contribution is 2.24. The summed E-state index contributed by atoms with van der Waals surface area (Å²) in [6.45, 7) is 2.12. The summed E-state index contributed by atoms with van der Waals surface area (Å²) in [7, 11) is 0. The fourth-order valence-corrected chi connectivity index (χ4v) is 2.02. The first-order valence-corrected chi connectivity index (χ1v) is 5.04. The summed E-state index contributed by atoms with van der Waals surface area (Å²) in [5.74, 6) is 0.942. The highest BCUT2D eigenvalue weighted by molar-refractivity contribution is 7.08. The molecule has 1 unspecified atom stereocenters. The number of hydrogen-bond acceptors (Lipinski definition) is 3. The van der Waals surface area contributed by atoms with Crippen molar-refractivity contribution in [1.29, 1.82) is 0 Å². The Morgan fingerprint density at radius 2 is 2.46 bits per heavy atom. The van der Waals surface area contributed by atoms with Gasteiger partial charge >= 0.3 is 0 Å². The zero-order valence-corrected chi connectivity index (χ0v) is 8.14. The third-order valence-electron chi connectivity index (χ3n) is 2.10. The lowest BCUT2D eigenvalue weighted by atomic mass is 10.0. The van der Waals surface area contributed by atoms with Gasteiger partial charge in [0, 0.05) is 12.0 Å². The summed E-state index contributed by atoms with van der Waals surface area (Å²) in [4.78, 5) is 0. The molecule has 4 heteroatoms. The van der Waals surface area contributed by atoms with Gasteiger partial charge in [-0.25, -0.2) is 0 Å². The molecule has 0 radical (unpaired) electrons. The van der Waals surface area contributed by atoms with Crippen LogP contribution in [0.4, 0.5) is 5.82 Å². The van der Waals surface area contributed by atoms with E-state index in [-0.39, 0.29) is 0 Å². The molecule has 0 aliphatic rings. The maximum atomic E-state index is 5.55. The van der Waals surface area contributed by atoms with Crippen LogP contribution in [0.25, 0.3) is 0 Å². The van der Waals surface area contributed by atoms with E-state index in [0.29, 0.717) is 11.7 Å². The average molecular weight is 193 g/mol. The van der Waals surface area contributed by atoms with Gasteiger partial charge in [0.1, 0.15) is 5.82 Å². The number of thiophene rings is 1. The number of anilines is 1. The summed E-state index contributed by atoms with van der Waals surface area (Å²) in [6, 6.07) is 3.99. The maximum absolute atomic E-state index is 5.55. The second-order valence-corrected chi connectivity index (χ2v) is 3.81. The minimum Gasteiger partial charge on any atom is -0.384 e. The fraction of sp³-hybridized carbons (Fsp3) is 0.222. The molecule has 0 saturated carbocycles. The second kappa shape index (κ2) is 3.22. The molecule has 0 bridgehead atoms. The average Bonchev–Trinajstić information content (AvgIpc) is 2.72. The number of aromatic amines is 1. The summed E-state index contributed by atoms with van der Waals surface area (Å²) in [5.41, 5.74) is 7.84. The third-order valence-corrected chi connectivity index (χ3v) is 2.81. The molecule has 3 nitrogen and oxygen atoms in total. The lowest BCUT2D eigenvalue weighted by Crippen LogP contribution is -1.93. The van der Waals surface area contributed by atoms with Crippen molar-refractivity contribution in [3.05, 3.63) is 34.2 Å². The van der Waals surface area contributed by atoms with Crippen LogP contribution in [-0.4, -0.2) is 10.2 Å². The van der Waals surface area contributed by atoms with E-state index < -0.39 is 0 Å². The van der Waals surface area contributed by atoms with E-state index in [1.54, 1.807) is 11.3 Å². The van der Waals surface area contributed by atoms with E-state index in [1.165, 1.54) is 5.56 Å². The van der Waals surface area contributed by atoms with E-state index in [4.69, 9.17) is 5.73 Å². The van der Waals surface area contributed by atoms with Crippen LogP contribution in [0.2, 0.25) is 0 Å². The molecule has 0 saturated heterocycles. The Morgan fingerprint density at radius 3 is 3.00 bits per heavy atom. The number of hydrogen-bond donors (Lipinski definition) is 2. The Kier molecular flexibility index (Phi) is 2.06. The van der Waals surface area contributed by atoms with Gasteiger partial charge in [-0.15, -0.1) is 0 Å². The van der Waals surface area contributed by atoms with E-state index in [2.05, 4.69) is 33.9 Å². The Morgan fingerprint density at radius 1 is 1.62 bits per heavy atom. The molecule has 2 aromatic rings. The SMILES string of the molecule is CC(c1ccsc1)c1cc(N)[nH]n1. The predicted octanol–water partition coefficient (Wildman–Crippen LogP) is 2.21. The van der Waals surface area contributed by atoms with Gasteiger partial charge in [-0.05, 0) is 22.4 Å². The van der Waals surface area contributed by atoms with Crippen molar-refractivity contribution in [3.8, 4) is 0 Å². The van der Waals surface area contributed by atoms with Crippen LogP contribution in [0.3, 0.4) is 0 Å². The van der Waals surface area contributed by atoms with Gasteiger partial charge in [-0.2, -0.15) is 16.4 Å². The predicted molar refractivity (Wildman–Crippen MR) is 54.8 cm³/mol. The lowest BCUT2D eigenvalue weighted by molar-refractivity contribution is 0.858. The zero-order valence-electron chi connectivity index (χ0n) is 7.32. The van der Waals surface area contributed by atoms with Crippen LogP contribution in [0.5, 0.6) is 0 Å². The standard InChI is InChI=1S/C9H11N3S/c1-6(7-2-3-13-5-7)8-4-9(10)12-11-8/h2-6H,1H3,(H3,10,11,12). The number of nitrogens with zero attached hydrogens (tertiary/aromatic N) is 1. The lowest BCUT2D eigenvalue weighted by Gasteiger charge is -2.04. The largest absolute Gasteiger partial charge is 0.384 e. The first-order valence-electron chi connectivity index (χ1n) is 4.10. The molecular formula is C9H11N3S. The van der Waals surface area contributed by atoms with Gasteiger partial charge in [0.05, 0.1) is 5.69 Å². The van der Waals surface area contributed by atoms with Crippen molar-refractivity contribution in [3.63, 3.8) is 0 Å². The van der Waals surface area contributed by atoms with E-state index in [1.807, 2.05) is 6.07 Å². The van der Waals surface area contributed by atoms with Gasteiger partial charge < -0.3 is 5.73 Å². The first kappa shape index (κ1) is 8.31. The zero-order chi connectivity index (χ0) is 9.26. The highest BCUT2D eigenvalue weighted by atomic mass is 32.1. The minimum absolute atomic E-state index is 0.319. The number of aromatic nitrogens is 2. The molecule has 0 aliphatic carbocycles. The molecule has 0 fully saturated rings. The summed E-state index contributed by atoms with van der Waals surface area (Å²) >= 11 is 1.70. The van der Waals surface area contributed by atoms with Crippen molar-refractivity contribution in [2.75, 3.05) is 5.73 Å². The monoisotopic (exact) mass is 193 g/mol. The van der Waals surface area contributed by atoms with Gasteiger partial charge in [0.15, 0.2) is 0 Å². The van der Waals surface area contributed by atoms with Crippen LogP contribution in [0.1, 0.15) is 24.1 Å². The molecule has 2 aromatic heterocycles. The molecule has 3 N–H and O–H groups in total. The number of H-pyrrole nitrogens is 1. The molecule has 0 aromatic carbocycles. The molecule has 68 valence electrons. The summed E-state index contributed by atoms with van der Waals surface area (Å²) in [5, 5.41) is 11.1. The molecule has 13 heavy (non-hydrogen) atoms. The van der Waals surface area contributed by atoms with Crippen molar-refractivity contribution >= 4 is 17.2 Å². The Hall–Kier alpha value is -1.29. The second-order valence-electron chi connectivity index (χ2n) is 3.03. The van der Waals surface area contributed by atoms with Crippen LogP contribution >= 0.6 is 11.3 Å². The molecule has 2 heterocycles. The number of nitrogens with two attached hydrogens (primary N) is 1.